The molecule has 0 radical (unpaired) electrons. The topological polar surface area (TPSA) is 55.6 Å². The average Bonchev–Trinajstić information content (AvgIpc) is 2.98. The zero-order valence-electron chi connectivity index (χ0n) is 13.0. The van der Waals surface area contributed by atoms with Crippen LogP contribution >= 0.6 is 0 Å². The number of ether oxygens (including phenoxy) is 1. The Balaban J connectivity index is 1.54. The normalized spacial score (nSPS) is 10.8. The summed E-state index contributed by atoms with van der Waals surface area (Å²) < 4.78 is 7.04. The molecule has 0 atom stereocenters. The van der Waals surface area contributed by atoms with E-state index in [1.165, 1.54) is 0 Å². The monoisotopic (exact) mass is 309 g/mol. The summed E-state index contributed by atoms with van der Waals surface area (Å²) in [6.45, 7) is 1.11. The third kappa shape index (κ3) is 3.76. The van der Waals surface area contributed by atoms with Crippen molar-refractivity contribution in [2.45, 2.75) is 13.0 Å². The Bertz CT molecular complexity index is 760. The van der Waals surface area contributed by atoms with Gasteiger partial charge >= 0.3 is 0 Å². The van der Waals surface area contributed by atoms with Gasteiger partial charge in [-0.1, -0.05) is 18.2 Å². The van der Waals surface area contributed by atoms with Gasteiger partial charge in [-0.15, -0.1) is 0 Å². The lowest BCUT2D eigenvalue weighted by atomic mass is 10.1. The van der Waals surface area contributed by atoms with Crippen molar-refractivity contribution in [3.05, 3.63) is 71.7 Å². The van der Waals surface area contributed by atoms with Crippen LogP contribution in [0.3, 0.4) is 0 Å². The van der Waals surface area contributed by atoms with Crippen LogP contribution in [-0.4, -0.2) is 28.9 Å². The van der Waals surface area contributed by atoms with E-state index in [9.17, 15) is 4.79 Å². The van der Waals surface area contributed by atoms with Gasteiger partial charge in [0.05, 0.1) is 12.3 Å². The first-order chi connectivity index (χ1) is 11.3. The van der Waals surface area contributed by atoms with E-state index in [0.717, 1.165) is 16.9 Å². The number of fused-ring (bicyclic) bond motifs is 1. The summed E-state index contributed by atoms with van der Waals surface area (Å²) in [6, 6.07) is 13.3. The average molecular weight is 309 g/mol. The molecule has 0 aliphatic rings. The van der Waals surface area contributed by atoms with Gasteiger partial charge in [0.25, 0.3) is 5.91 Å². The second kappa shape index (κ2) is 7.07. The van der Waals surface area contributed by atoms with Crippen LogP contribution in [0.1, 0.15) is 21.6 Å². The summed E-state index contributed by atoms with van der Waals surface area (Å²) in [4.78, 5) is 16.6. The molecule has 23 heavy (non-hydrogen) atoms. The number of nitrogens with one attached hydrogen (secondary N) is 1. The van der Waals surface area contributed by atoms with Gasteiger partial charge in [-0.25, -0.2) is 4.98 Å². The molecular weight excluding hydrogens is 290 g/mol. The molecule has 3 aromatic rings. The molecule has 5 nitrogen and oxygen atoms in total. The third-order valence-corrected chi connectivity index (χ3v) is 3.61. The van der Waals surface area contributed by atoms with Crippen LogP contribution in [0.15, 0.2) is 54.9 Å². The van der Waals surface area contributed by atoms with E-state index in [1.54, 1.807) is 7.11 Å². The summed E-state index contributed by atoms with van der Waals surface area (Å²) >= 11 is 0. The maximum absolute atomic E-state index is 12.1. The van der Waals surface area contributed by atoms with Crippen molar-refractivity contribution in [3.63, 3.8) is 0 Å². The molecule has 0 saturated heterocycles. The molecule has 2 aromatic heterocycles. The van der Waals surface area contributed by atoms with Gasteiger partial charge in [0.15, 0.2) is 0 Å². The molecule has 1 N–H and O–H groups in total. The predicted octanol–water partition coefficient (Wildman–Crippen LogP) is 2.45. The number of amides is 1. The number of hydrogen-bond donors (Lipinski definition) is 1. The van der Waals surface area contributed by atoms with E-state index in [-0.39, 0.29) is 5.91 Å². The van der Waals surface area contributed by atoms with Crippen LogP contribution in [-0.2, 0) is 17.8 Å². The first-order valence-electron chi connectivity index (χ1n) is 7.55. The van der Waals surface area contributed by atoms with Crippen molar-refractivity contribution in [2.75, 3.05) is 13.7 Å². The van der Waals surface area contributed by atoms with Crippen LogP contribution in [0, 0.1) is 0 Å². The Morgan fingerprint density at radius 2 is 2.04 bits per heavy atom. The highest BCUT2D eigenvalue weighted by Gasteiger charge is 2.06. The van der Waals surface area contributed by atoms with E-state index in [4.69, 9.17) is 4.74 Å². The van der Waals surface area contributed by atoms with Crippen molar-refractivity contribution in [3.8, 4) is 0 Å². The SMILES string of the molecule is COCc1ccc(C(=O)NCCc2cn3ccccc3n2)cc1. The lowest BCUT2D eigenvalue weighted by Crippen LogP contribution is -2.25. The van der Waals surface area contributed by atoms with E-state index in [2.05, 4.69) is 10.3 Å². The molecule has 5 heteroatoms. The number of rotatable bonds is 6. The van der Waals surface area contributed by atoms with Gasteiger partial charge in [-0.2, -0.15) is 0 Å². The van der Waals surface area contributed by atoms with Crippen LogP contribution in [0.2, 0.25) is 0 Å². The Morgan fingerprint density at radius 3 is 2.78 bits per heavy atom. The first-order valence-corrected chi connectivity index (χ1v) is 7.55. The molecule has 0 aliphatic heterocycles. The number of benzene rings is 1. The van der Waals surface area contributed by atoms with Crippen molar-refractivity contribution in [1.29, 1.82) is 0 Å². The number of imidazole rings is 1. The highest BCUT2D eigenvalue weighted by molar-refractivity contribution is 5.94. The van der Waals surface area contributed by atoms with E-state index >= 15 is 0 Å². The largest absolute Gasteiger partial charge is 0.380 e. The molecule has 2 heterocycles. The molecule has 0 unspecified atom stereocenters. The minimum atomic E-state index is -0.0715. The van der Waals surface area contributed by atoms with Crippen molar-refractivity contribution < 1.29 is 9.53 Å². The van der Waals surface area contributed by atoms with Crippen molar-refractivity contribution >= 4 is 11.6 Å². The Kier molecular flexibility index (Phi) is 4.68. The van der Waals surface area contributed by atoms with Crippen molar-refractivity contribution in [2.24, 2.45) is 0 Å². The lowest BCUT2D eigenvalue weighted by Gasteiger charge is -2.05. The standard InChI is InChI=1S/C18H19N3O2/c1-23-13-14-5-7-15(8-6-14)18(22)19-10-9-16-12-21-11-3-2-4-17(21)20-16/h2-8,11-12H,9-10,13H2,1H3,(H,19,22). The zero-order chi connectivity index (χ0) is 16.1. The third-order valence-electron chi connectivity index (χ3n) is 3.61. The van der Waals surface area contributed by atoms with Gasteiger partial charge < -0.3 is 14.5 Å². The van der Waals surface area contributed by atoms with Gasteiger partial charge in [-0.3, -0.25) is 4.79 Å². The maximum Gasteiger partial charge on any atom is 0.251 e. The highest BCUT2D eigenvalue weighted by Crippen LogP contribution is 2.07. The molecule has 1 aromatic carbocycles. The van der Waals surface area contributed by atoms with Crippen LogP contribution in [0.5, 0.6) is 0 Å². The number of hydrogen-bond acceptors (Lipinski definition) is 3. The molecule has 0 fully saturated rings. The quantitative estimate of drug-likeness (QED) is 0.761. The number of carbonyl (C=O) groups excluding carboxylic acids is 1. The number of nitrogens with zero attached hydrogens (tertiary/aromatic N) is 2. The molecule has 1 amide bonds. The lowest BCUT2D eigenvalue weighted by molar-refractivity contribution is 0.0954. The maximum atomic E-state index is 12.1. The second-order valence-electron chi connectivity index (χ2n) is 5.33. The molecule has 3 rings (SSSR count). The fourth-order valence-corrected chi connectivity index (χ4v) is 2.43. The van der Waals surface area contributed by atoms with Gasteiger partial charge in [-0.05, 0) is 29.8 Å². The molecule has 0 saturated carbocycles. The number of methoxy groups -OCH3 is 1. The van der Waals surface area contributed by atoms with E-state index in [0.29, 0.717) is 25.1 Å². The summed E-state index contributed by atoms with van der Waals surface area (Å²) in [5.41, 5.74) is 3.59. The second-order valence-corrected chi connectivity index (χ2v) is 5.33. The Morgan fingerprint density at radius 1 is 1.22 bits per heavy atom. The van der Waals surface area contributed by atoms with E-state index < -0.39 is 0 Å². The van der Waals surface area contributed by atoms with Gasteiger partial charge in [0.2, 0.25) is 0 Å². The molecule has 0 spiro atoms. The zero-order valence-corrected chi connectivity index (χ0v) is 13.0. The molecule has 0 bridgehead atoms. The highest BCUT2D eigenvalue weighted by atomic mass is 16.5. The smallest absolute Gasteiger partial charge is 0.251 e. The van der Waals surface area contributed by atoms with Crippen molar-refractivity contribution in [1.82, 2.24) is 14.7 Å². The van der Waals surface area contributed by atoms with Gasteiger partial charge in [0, 0.05) is 38.0 Å². The first kappa shape index (κ1) is 15.2. The summed E-state index contributed by atoms with van der Waals surface area (Å²) in [5, 5.41) is 2.92. The molecular formula is C18H19N3O2. The van der Waals surface area contributed by atoms with Crippen LogP contribution in [0.25, 0.3) is 5.65 Å². The number of pyridine rings is 1. The van der Waals surface area contributed by atoms with Crippen LogP contribution in [0.4, 0.5) is 0 Å². The van der Waals surface area contributed by atoms with Crippen LogP contribution < -0.4 is 5.32 Å². The predicted molar refractivity (Wildman–Crippen MR) is 88.4 cm³/mol. The minimum absolute atomic E-state index is 0.0715. The van der Waals surface area contributed by atoms with E-state index in [1.807, 2.05) is 59.3 Å². The summed E-state index contributed by atoms with van der Waals surface area (Å²) in [7, 11) is 1.65. The molecule has 0 aliphatic carbocycles. The fourth-order valence-electron chi connectivity index (χ4n) is 2.43. The Labute approximate surface area is 134 Å². The number of aromatic nitrogens is 2. The molecule has 118 valence electrons. The Hall–Kier alpha value is -2.66. The minimum Gasteiger partial charge on any atom is -0.380 e. The van der Waals surface area contributed by atoms with Gasteiger partial charge in [0.1, 0.15) is 5.65 Å². The number of carbonyl (C=O) groups is 1. The summed E-state index contributed by atoms with van der Waals surface area (Å²) in [6.07, 6.45) is 4.65. The fraction of sp³-hybridized carbons (Fsp3) is 0.222. The summed E-state index contributed by atoms with van der Waals surface area (Å²) in [5.74, 6) is -0.0715.